The summed E-state index contributed by atoms with van der Waals surface area (Å²) in [6, 6.07) is 0. The zero-order valence-electron chi connectivity index (χ0n) is 6.79. The summed E-state index contributed by atoms with van der Waals surface area (Å²) in [7, 11) is 0. The van der Waals surface area contributed by atoms with Crippen molar-refractivity contribution in [2.24, 2.45) is 11.5 Å². The zero-order chi connectivity index (χ0) is 8.97. The Bertz CT molecular complexity index is 274. The lowest BCUT2D eigenvalue weighted by Crippen LogP contribution is -2.13. The molecule has 1 rings (SSSR count). The fourth-order valence-corrected chi connectivity index (χ4v) is 0.987. The quantitative estimate of drug-likeness (QED) is 0.614. The number of carbonyl (C=O) groups excluding carboxylic acids is 1. The molecule has 0 spiro atoms. The smallest absolute Gasteiger partial charge is 0.244 e. The molecule has 1 aliphatic rings. The van der Waals surface area contributed by atoms with Crippen molar-refractivity contribution in [3.63, 3.8) is 0 Å². The maximum absolute atomic E-state index is 10.8. The van der Waals surface area contributed by atoms with Crippen LogP contribution < -0.4 is 11.5 Å². The van der Waals surface area contributed by atoms with Gasteiger partial charge in [-0.1, -0.05) is 24.3 Å². The van der Waals surface area contributed by atoms with Crippen LogP contribution in [0, 0.1) is 0 Å². The van der Waals surface area contributed by atoms with Crippen molar-refractivity contribution in [2.45, 2.75) is 6.42 Å². The third-order valence-corrected chi connectivity index (χ3v) is 1.72. The summed E-state index contributed by atoms with van der Waals surface area (Å²) in [6.07, 6.45) is 7.94. The minimum atomic E-state index is -0.367. The zero-order valence-corrected chi connectivity index (χ0v) is 6.79. The minimum absolute atomic E-state index is 0.367. The van der Waals surface area contributed by atoms with E-state index in [4.69, 9.17) is 11.5 Å². The first-order valence-corrected chi connectivity index (χ1v) is 3.80. The van der Waals surface area contributed by atoms with Crippen LogP contribution in [0.4, 0.5) is 0 Å². The van der Waals surface area contributed by atoms with Gasteiger partial charge in [-0.15, -0.1) is 0 Å². The van der Waals surface area contributed by atoms with Crippen molar-refractivity contribution < 1.29 is 4.79 Å². The molecule has 4 N–H and O–H groups in total. The first-order valence-electron chi connectivity index (χ1n) is 3.80. The van der Waals surface area contributed by atoms with Gasteiger partial charge in [0.1, 0.15) is 0 Å². The van der Waals surface area contributed by atoms with Gasteiger partial charge in [-0.05, 0) is 12.0 Å². The van der Waals surface area contributed by atoms with Gasteiger partial charge in [-0.3, -0.25) is 4.79 Å². The van der Waals surface area contributed by atoms with Crippen LogP contribution in [0.5, 0.6) is 0 Å². The van der Waals surface area contributed by atoms with Gasteiger partial charge < -0.3 is 11.5 Å². The normalized spacial score (nSPS) is 16.4. The Hall–Kier alpha value is -1.35. The number of amides is 1. The second kappa shape index (κ2) is 3.88. The van der Waals surface area contributed by atoms with Crippen LogP contribution in [0.2, 0.25) is 0 Å². The van der Waals surface area contributed by atoms with Crippen LogP contribution >= 0.6 is 0 Å². The molecule has 3 heteroatoms. The van der Waals surface area contributed by atoms with Crippen LogP contribution in [0.15, 0.2) is 35.5 Å². The summed E-state index contributed by atoms with van der Waals surface area (Å²) in [5, 5.41) is 0. The van der Waals surface area contributed by atoms with E-state index in [2.05, 4.69) is 0 Å². The fraction of sp³-hybridized carbons (Fsp3) is 0.222. The maximum Gasteiger partial charge on any atom is 0.244 e. The number of hydrogen-bond donors (Lipinski definition) is 2. The van der Waals surface area contributed by atoms with Crippen LogP contribution in [0.25, 0.3) is 0 Å². The highest BCUT2D eigenvalue weighted by molar-refractivity contribution is 5.92. The number of carbonyl (C=O) groups is 1. The van der Waals surface area contributed by atoms with E-state index in [-0.39, 0.29) is 5.91 Å². The Labute approximate surface area is 71.4 Å². The molecule has 3 nitrogen and oxygen atoms in total. The van der Waals surface area contributed by atoms with Crippen molar-refractivity contribution in [3.05, 3.63) is 35.5 Å². The summed E-state index contributed by atoms with van der Waals surface area (Å²) in [5.41, 5.74) is 12.2. The summed E-state index contributed by atoms with van der Waals surface area (Å²) in [5.74, 6) is -0.367. The molecule has 12 heavy (non-hydrogen) atoms. The molecule has 0 fully saturated rings. The largest absolute Gasteiger partial charge is 0.366 e. The van der Waals surface area contributed by atoms with Gasteiger partial charge in [0.2, 0.25) is 5.91 Å². The van der Waals surface area contributed by atoms with Gasteiger partial charge in [-0.25, -0.2) is 0 Å². The highest BCUT2D eigenvalue weighted by Crippen LogP contribution is 2.09. The predicted octanol–water partition coefficient (Wildman–Crippen LogP) is 0.243. The lowest BCUT2D eigenvalue weighted by Gasteiger charge is -1.93. The summed E-state index contributed by atoms with van der Waals surface area (Å²) >= 11 is 0. The standard InChI is InChI=1S/C9H12N2O/c10-6-7-2-1-3-8(5-4-7)9(11)12/h1-2,4-5H,3,6,10H2,(H2,11,12). The van der Waals surface area contributed by atoms with Gasteiger partial charge in [0.15, 0.2) is 0 Å². The van der Waals surface area contributed by atoms with E-state index < -0.39 is 0 Å². The molecule has 64 valence electrons. The maximum atomic E-state index is 10.8. The average molecular weight is 164 g/mol. The Kier molecular flexibility index (Phi) is 2.82. The minimum Gasteiger partial charge on any atom is -0.366 e. The first-order chi connectivity index (χ1) is 5.74. The molecule has 0 radical (unpaired) electrons. The second-order valence-electron chi connectivity index (χ2n) is 2.61. The van der Waals surface area contributed by atoms with E-state index in [0.717, 1.165) is 5.57 Å². The molecule has 0 saturated carbocycles. The summed E-state index contributed by atoms with van der Waals surface area (Å²) < 4.78 is 0. The molecule has 0 aromatic rings. The molecular weight excluding hydrogens is 152 g/mol. The van der Waals surface area contributed by atoms with Crippen LogP contribution in [-0.4, -0.2) is 12.5 Å². The Balaban J connectivity index is 2.84. The Morgan fingerprint density at radius 2 is 2.25 bits per heavy atom. The third kappa shape index (κ3) is 2.07. The van der Waals surface area contributed by atoms with Gasteiger partial charge >= 0.3 is 0 Å². The van der Waals surface area contributed by atoms with E-state index in [1.165, 1.54) is 0 Å². The molecule has 0 aromatic carbocycles. The van der Waals surface area contributed by atoms with Crippen molar-refractivity contribution in [1.82, 2.24) is 0 Å². The lowest BCUT2D eigenvalue weighted by molar-refractivity contribution is -0.114. The molecule has 0 aromatic heterocycles. The van der Waals surface area contributed by atoms with Crippen molar-refractivity contribution in [3.8, 4) is 0 Å². The van der Waals surface area contributed by atoms with E-state index >= 15 is 0 Å². The number of nitrogens with two attached hydrogens (primary N) is 2. The van der Waals surface area contributed by atoms with Crippen LogP contribution in [0.1, 0.15) is 6.42 Å². The number of rotatable bonds is 2. The van der Waals surface area contributed by atoms with Crippen LogP contribution in [0.3, 0.4) is 0 Å². The Morgan fingerprint density at radius 3 is 2.83 bits per heavy atom. The van der Waals surface area contributed by atoms with Gasteiger partial charge in [0, 0.05) is 12.1 Å². The number of hydrogen-bond acceptors (Lipinski definition) is 2. The predicted molar refractivity (Wildman–Crippen MR) is 48.2 cm³/mol. The molecule has 0 bridgehead atoms. The van der Waals surface area contributed by atoms with Crippen LogP contribution in [-0.2, 0) is 4.79 Å². The fourth-order valence-electron chi connectivity index (χ4n) is 0.987. The topological polar surface area (TPSA) is 69.1 Å². The molecule has 0 saturated heterocycles. The average Bonchev–Trinajstić information content (AvgIpc) is 2.28. The molecule has 0 aliphatic heterocycles. The number of primary amides is 1. The highest BCUT2D eigenvalue weighted by atomic mass is 16.1. The molecule has 0 atom stereocenters. The van der Waals surface area contributed by atoms with E-state index in [1.807, 2.05) is 18.2 Å². The molecular formula is C9H12N2O. The summed E-state index contributed by atoms with van der Waals surface area (Å²) in [4.78, 5) is 10.8. The molecule has 0 heterocycles. The van der Waals surface area contributed by atoms with E-state index in [1.54, 1.807) is 6.08 Å². The van der Waals surface area contributed by atoms with E-state index in [9.17, 15) is 4.79 Å². The highest BCUT2D eigenvalue weighted by Gasteiger charge is 2.03. The van der Waals surface area contributed by atoms with Gasteiger partial charge in [0.05, 0.1) is 0 Å². The van der Waals surface area contributed by atoms with E-state index in [0.29, 0.717) is 18.5 Å². The molecule has 1 aliphatic carbocycles. The lowest BCUT2D eigenvalue weighted by atomic mass is 10.2. The SMILES string of the molecule is NCC1=CC=C(C(N)=O)CC=C1. The Morgan fingerprint density at radius 1 is 1.50 bits per heavy atom. The van der Waals surface area contributed by atoms with Gasteiger partial charge in [-0.2, -0.15) is 0 Å². The van der Waals surface area contributed by atoms with Gasteiger partial charge in [0.25, 0.3) is 0 Å². The van der Waals surface area contributed by atoms with Crippen molar-refractivity contribution in [1.29, 1.82) is 0 Å². The molecule has 1 amide bonds. The monoisotopic (exact) mass is 164 g/mol. The summed E-state index contributed by atoms with van der Waals surface area (Å²) in [6.45, 7) is 0.485. The molecule has 0 unspecified atom stereocenters. The third-order valence-electron chi connectivity index (χ3n) is 1.72. The second-order valence-corrected chi connectivity index (χ2v) is 2.61. The van der Waals surface area contributed by atoms with Crippen molar-refractivity contribution >= 4 is 5.91 Å². The first kappa shape index (κ1) is 8.74. The number of allylic oxidation sites excluding steroid dienone is 3. The van der Waals surface area contributed by atoms with Crippen molar-refractivity contribution in [2.75, 3.05) is 6.54 Å².